The number of nitrogens with zero attached hydrogens (tertiary/aromatic N) is 2. The molecule has 1 aromatic rings. The summed E-state index contributed by atoms with van der Waals surface area (Å²) in [7, 11) is 0. The van der Waals surface area contributed by atoms with Crippen LogP contribution < -0.4 is 10.1 Å². The molecule has 0 radical (unpaired) electrons. The van der Waals surface area contributed by atoms with Crippen LogP contribution in [0, 0.1) is 0 Å². The Labute approximate surface area is 167 Å². The lowest BCUT2D eigenvalue weighted by molar-refractivity contribution is 0.200. The van der Waals surface area contributed by atoms with E-state index in [0.29, 0.717) is 17.3 Å². The molecule has 0 aliphatic carbocycles. The average molecular weight is 392 g/mol. The molecule has 27 heavy (non-hydrogen) atoms. The maximum atomic E-state index is 12.1. The molecule has 0 atom stereocenters. The van der Waals surface area contributed by atoms with Gasteiger partial charge in [-0.15, -0.1) is 0 Å². The summed E-state index contributed by atoms with van der Waals surface area (Å²) in [4.78, 5) is 19.2. The maximum absolute atomic E-state index is 12.1. The fraction of sp³-hybridized carbons (Fsp3) is 0.619. The molecule has 5 nitrogen and oxygen atoms in total. The van der Waals surface area contributed by atoms with Gasteiger partial charge in [0.15, 0.2) is 5.75 Å². The van der Waals surface area contributed by atoms with Crippen molar-refractivity contribution in [2.75, 3.05) is 13.1 Å². The molecule has 1 saturated heterocycles. The number of amidine groups is 1. The third-order valence-corrected chi connectivity index (χ3v) is 5.64. The van der Waals surface area contributed by atoms with Crippen LogP contribution in [0.4, 0.5) is 10.5 Å². The van der Waals surface area contributed by atoms with Crippen LogP contribution in [0.3, 0.4) is 0 Å². The zero-order chi connectivity index (χ0) is 19.1. The van der Waals surface area contributed by atoms with Crippen molar-refractivity contribution in [1.82, 2.24) is 10.2 Å². The molecule has 3 rings (SSSR count). The number of rotatable bonds is 7. The molecule has 0 bridgehead atoms. The molecular weight excluding hydrogens is 362 g/mol. The Morgan fingerprint density at radius 1 is 1.22 bits per heavy atom. The Hall–Kier alpha value is -1.75. The number of carbonyl (C=O) groups excluding carboxylic acids is 1. The number of hydrogen-bond donors (Lipinski definition) is 1. The molecule has 0 saturated carbocycles. The van der Waals surface area contributed by atoms with Gasteiger partial charge in [0, 0.05) is 31.6 Å². The first-order valence-electron chi connectivity index (χ1n) is 10.3. The van der Waals surface area contributed by atoms with Gasteiger partial charge in [-0.1, -0.05) is 50.6 Å². The highest BCUT2D eigenvalue weighted by Gasteiger charge is 2.25. The number of fused-ring (bicyclic) bond motifs is 2. The zero-order valence-electron chi connectivity index (χ0n) is 16.2. The zero-order valence-corrected chi connectivity index (χ0v) is 17.0. The van der Waals surface area contributed by atoms with Crippen LogP contribution in [0.1, 0.15) is 70.3 Å². The topological polar surface area (TPSA) is 53.9 Å². The summed E-state index contributed by atoms with van der Waals surface area (Å²) in [6, 6.07) is 3.65. The second-order valence-electron chi connectivity index (χ2n) is 7.37. The Bertz CT molecular complexity index is 690. The van der Waals surface area contributed by atoms with Gasteiger partial charge in [-0.05, 0) is 31.4 Å². The number of benzene rings is 1. The number of aliphatic imine (C=N–C) groups is 1. The summed E-state index contributed by atoms with van der Waals surface area (Å²) in [5.41, 5.74) is 1.85. The summed E-state index contributed by atoms with van der Waals surface area (Å²) in [6.45, 7) is 4.57. The number of amides is 1. The van der Waals surface area contributed by atoms with E-state index >= 15 is 0 Å². The number of halogens is 1. The van der Waals surface area contributed by atoms with Crippen LogP contribution in [0.5, 0.6) is 5.75 Å². The first-order valence-corrected chi connectivity index (χ1v) is 10.7. The largest absolute Gasteiger partial charge is 0.412 e. The van der Waals surface area contributed by atoms with E-state index in [1.54, 1.807) is 6.07 Å². The van der Waals surface area contributed by atoms with Crippen molar-refractivity contribution in [2.24, 2.45) is 4.99 Å². The minimum Gasteiger partial charge on any atom is -0.409 e. The molecule has 2 aliphatic heterocycles. The lowest BCUT2D eigenvalue weighted by Gasteiger charge is -2.30. The van der Waals surface area contributed by atoms with Crippen molar-refractivity contribution < 1.29 is 9.53 Å². The highest BCUT2D eigenvalue weighted by atomic mass is 35.5. The van der Waals surface area contributed by atoms with Gasteiger partial charge in [-0.3, -0.25) is 0 Å². The third-order valence-electron chi connectivity index (χ3n) is 5.23. The third kappa shape index (κ3) is 5.38. The highest BCUT2D eigenvalue weighted by molar-refractivity contribution is 6.33. The molecule has 2 heterocycles. The minimum absolute atomic E-state index is 0.410. The van der Waals surface area contributed by atoms with Gasteiger partial charge in [0.05, 0.1) is 10.7 Å². The first-order chi connectivity index (χ1) is 13.2. The predicted molar refractivity (Wildman–Crippen MR) is 110 cm³/mol. The second-order valence-corrected chi connectivity index (χ2v) is 7.74. The summed E-state index contributed by atoms with van der Waals surface area (Å²) >= 11 is 6.56. The van der Waals surface area contributed by atoms with E-state index in [0.717, 1.165) is 49.4 Å². The summed E-state index contributed by atoms with van der Waals surface area (Å²) in [5, 5.41) is 3.31. The molecule has 1 N–H and O–H groups in total. The maximum Gasteiger partial charge on any atom is 0.412 e. The van der Waals surface area contributed by atoms with E-state index < -0.39 is 6.09 Å². The normalized spacial score (nSPS) is 16.1. The molecule has 148 valence electrons. The lowest BCUT2D eigenvalue weighted by Crippen LogP contribution is -2.32. The molecule has 6 heteroatoms. The van der Waals surface area contributed by atoms with Crippen molar-refractivity contribution in [3.8, 4) is 5.75 Å². The van der Waals surface area contributed by atoms with Crippen LogP contribution >= 0.6 is 11.6 Å². The van der Waals surface area contributed by atoms with Gasteiger partial charge in [0.25, 0.3) is 0 Å². The Morgan fingerprint density at radius 2 is 2.07 bits per heavy atom. The molecule has 0 spiro atoms. The van der Waals surface area contributed by atoms with Crippen molar-refractivity contribution in [2.45, 2.75) is 71.3 Å². The van der Waals surface area contributed by atoms with Crippen LogP contribution in [-0.4, -0.2) is 29.9 Å². The number of ether oxygens (including phenoxy) is 1. The predicted octanol–water partition coefficient (Wildman–Crippen LogP) is 5.82. The smallest absolute Gasteiger partial charge is 0.409 e. The van der Waals surface area contributed by atoms with E-state index in [9.17, 15) is 4.79 Å². The van der Waals surface area contributed by atoms with Crippen molar-refractivity contribution in [1.29, 1.82) is 0 Å². The van der Waals surface area contributed by atoms with Crippen LogP contribution in [0.25, 0.3) is 0 Å². The first kappa shape index (κ1) is 20.0. The molecule has 0 unspecified atom stereocenters. The van der Waals surface area contributed by atoms with Crippen molar-refractivity contribution in [3.05, 3.63) is 22.7 Å². The van der Waals surface area contributed by atoms with Gasteiger partial charge < -0.3 is 15.0 Å². The van der Waals surface area contributed by atoms with Gasteiger partial charge in [-0.2, -0.15) is 0 Å². The van der Waals surface area contributed by atoms with Crippen molar-refractivity contribution in [3.63, 3.8) is 0 Å². The highest BCUT2D eigenvalue weighted by Crippen LogP contribution is 2.39. The molecule has 1 fully saturated rings. The van der Waals surface area contributed by atoms with Crippen LogP contribution in [0.2, 0.25) is 5.02 Å². The number of nitrogens with one attached hydrogen (secondary N) is 1. The van der Waals surface area contributed by atoms with Gasteiger partial charge >= 0.3 is 6.09 Å². The molecular formula is C21H30ClN3O2. The molecule has 1 aromatic carbocycles. The van der Waals surface area contributed by atoms with Gasteiger partial charge in [0.1, 0.15) is 5.84 Å². The average Bonchev–Trinajstić information content (AvgIpc) is 2.90. The second kappa shape index (κ2) is 9.98. The Kier molecular flexibility index (Phi) is 7.39. The Balaban J connectivity index is 1.58. The SMILES string of the molecule is CCCCCCCNC(=O)Oc1ccc2c(c1Cl)CN1CCCCCC1=N2. The van der Waals surface area contributed by atoms with E-state index in [2.05, 4.69) is 17.1 Å². The summed E-state index contributed by atoms with van der Waals surface area (Å²) in [5.74, 6) is 1.57. The fourth-order valence-electron chi connectivity index (χ4n) is 3.66. The molecule has 0 aromatic heterocycles. The fourth-order valence-corrected chi connectivity index (χ4v) is 3.91. The van der Waals surface area contributed by atoms with Crippen LogP contribution in [0.15, 0.2) is 17.1 Å². The molecule has 2 aliphatic rings. The number of unbranched alkanes of at least 4 members (excludes halogenated alkanes) is 4. The van der Waals surface area contributed by atoms with E-state index in [4.69, 9.17) is 21.3 Å². The monoisotopic (exact) mass is 391 g/mol. The van der Waals surface area contributed by atoms with E-state index in [-0.39, 0.29) is 0 Å². The summed E-state index contributed by atoms with van der Waals surface area (Å²) < 4.78 is 5.45. The summed E-state index contributed by atoms with van der Waals surface area (Å²) in [6.07, 6.45) is 9.98. The molecule has 1 amide bonds. The Morgan fingerprint density at radius 3 is 2.93 bits per heavy atom. The van der Waals surface area contributed by atoms with Gasteiger partial charge in [0.2, 0.25) is 0 Å². The van der Waals surface area contributed by atoms with Crippen molar-refractivity contribution >= 4 is 29.2 Å². The van der Waals surface area contributed by atoms with E-state index in [1.807, 2.05) is 6.07 Å². The van der Waals surface area contributed by atoms with E-state index in [1.165, 1.54) is 38.5 Å². The number of carbonyl (C=O) groups is 1. The van der Waals surface area contributed by atoms with Crippen LogP contribution in [-0.2, 0) is 6.54 Å². The standard InChI is InChI=1S/C21H30ClN3O2/c1-2-3-4-5-8-13-23-21(26)27-18-12-11-17-16(20(18)22)15-25-14-9-6-7-10-19(25)24-17/h11-12H,2-10,13-15H2,1H3,(H,23,26). The minimum atomic E-state index is -0.442. The quantitative estimate of drug-likeness (QED) is 0.596. The number of hydrogen-bond acceptors (Lipinski definition) is 4. The van der Waals surface area contributed by atoms with Gasteiger partial charge in [-0.25, -0.2) is 9.79 Å². The lowest BCUT2D eigenvalue weighted by atomic mass is 10.1.